The van der Waals surface area contributed by atoms with Gasteiger partial charge in [0.05, 0.1) is 0 Å². The minimum Gasteiger partial charge on any atom is -0.396 e. The molecule has 1 aliphatic rings. The van der Waals surface area contributed by atoms with Crippen LogP contribution in [0, 0.1) is 5.92 Å². The lowest BCUT2D eigenvalue weighted by atomic mass is 10.1. The fourth-order valence-corrected chi connectivity index (χ4v) is 3.30. The summed E-state index contributed by atoms with van der Waals surface area (Å²) in [4.78, 5) is 14.9. The number of thiophene rings is 1. The molecular weight excluding hydrogens is 270 g/mol. The van der Waals surface area contributed by atoms with Crippen LogP contribution in [-0.4, -0.2) is 29.1 Å². The van der Waals surface area contributed by atoms with Gasteiger partial charge < -0.3 is 10.0 Å². The van der Waals surface area contributed by atoms with Crippen LogP contribution >= 0.6 is 11.3 Å². The number of amides is 1. The van der Waals surface area contributed by atoms with Crippen LogP contribution in [0.15, 0.2) is 41.8 Å². The summed E-state index contributed by atoms with van der Waals surface area (Å²) in [6.07, 6.45) is 0.476. The van der Waals surface area contributed by atoms with Crippen molar-refractivity contribution in [3.05, 3.63) is 47.3 Å². The summed E-state index contributed by atoms with van der Waals surface area (Å²) in [6.45, 7) is 1.40. The molecule has 0 saturated carbocycles. The quantitative estimate of drug-likeness (QED) is 0.939. The topological polar surface area (TPSA) is 40.5 Å². The number of carbonyl (C=O) groups is 1. The van der Waals surface area contributed by atoms with Crippen molar-refractivity contribution >= 4 is 17.2 Å². The molecule has 1 aliphatic heterocycles. The van der Waals surface area contributed by atoms with Crippen LogP contribution in [0.1, 0.15) is 12.0 Å². The Hall–Kier alpha value is -1.65. The Morgan fingerprint density at radius 1 is 1.25 bits per heavy atom. The second-order valence-electron chi connectivity index (χ2n) is 5.20. The van der Waals surface area contributed by atoms with Gasteiger partial charge in [0.15, 0.2) is 0 Å². The lowest BCUT2D eigenvalue weighted by Crippen LogP contribution is -2.24. The first-order chi connectivity index (χ1) is 9.76. The van der Waals surface area contributed by atoms with E-state index in [1.54, 1.807) is 11.3 Å². The summed E-state index contributed by atoms with van der Waals surface area (Å²) in [5, 5.41) is 11.2. The number of benzene rings is 1. The molecule has 1 atom stereocenters. The maximum atomic E-state index is 11.8. The van der Waals surface area contributed by atoms with Crippen molar-refractivity contribution in [2.45, 2.75) is 13.0 Å². The van der Waals surface area contributed by atoms with Crippen molar-refractivity contribution in [1.29, 1.82) is 0 Å². The van der Waals surface area contributed by atoms with Gasteiger partial charge in [-0.3, -0.25) is 4.79 Å². The fourth-order valence-electron chi connectivity index (χ4n) is 2.57. The van der Waals surface area contributed by atoms with Crippen molar-refractivity contribution < 1.29 is 9.90 Å². The maximum Gasteiger partial charge on any atom is 0.223 e. The molecule has 1 aromatic carbocycles. The van der Waals surface area contributed by atoms with Crippen LogP contribution in [-0.2, 0) is 11.3 Å². The van der Waals surface area contributed by atoms with E-state index >= 15 is 0 Å². The van der Waals surface area contributed by atoms with Crippen LogP contribution in [0.2, 0.25) is 0 Å². The van der Waals surface area contributed by atoms with E-state index in [2.05, 4.69) is 35.7 Å². The molecule has 1 fully saturated rings. The second kappa shape index (κ2) is 5.77. The fraction of sp³-hybridized carbons (Fsp3) is 0.312. The molecular formula is C16H17NO2S. The lowest BCUT2D eigenvalue weighted by molar-refractivity contribution is -0.128. The standard InChI is InChI=1S/C16H17NO2S/c18-11-13-8-16(19)17(10-13)9-12-3-5-14(6-4-12)15-2-1-7-20-15/h1-7,13,18H,8-11H2. The maximum absolute atomic E-state index is 11.8. The van der Waals surface area contributed by atoms with Crippen molar-refractivity contribution in [3.63, 3.8) is 0 Å². The molecule has 1 amide bonds. The van der Waals surface area contributed by atoms with Crippen molar-refractivity contribution in [3.8, 4) is 10.4 Å². The van der Waals surface area contributed by atoms with Crippen LogP contribution in [0.4, 0.5) is 0 Å². The van der Waals surface area contributed by atoms with Gasteiger partial charge in [0.1, 0.15) is 0 Å². The van der Waals surface area contributed by atoms with Crippen molar-refractivity contribution in [2.75, 3.05) is 13.2 Å². The largest absolute Gasteiger partial charge is 0.396 e. The molecule has 0 spiro atoms. The highest BCUT2D eigenvalue weighted by atomic mass is 32.1. The minimum atomic E-state index is 0.0968. The number of hydrogen-bond donors (Lipinski definition) is 1. The van der Waals surface area contributed by atoms with Gasteiger partial charge >= 0.3 is 0 Å². The molecule has 1 N–H and O–H groups in total. The molecule has 3 rings (SSSR count). The van der Waals surface area contributed by atoms with Crippen LogP contribution in [0.25, 0.3) is 10.4 Å². The van der Waals surface area contributed by atoms with Gasteiger partial charge in [-0.2, -0.15) is 0 Å². The van der Waals surface area contributed by atoms with Gasteiger partial charge in [0.2, 0.25) is 5.91 Å². The molecule has 0 bridgehead atoms. The molecule has 1 saturated heterocycles. The first-order valence-corrected chi connectivity index (χ1v) is 7.65. The average Bonchev–Trinajstić information content (AvgIpc) is 3.10. The summed E-state index contributed by atoms with van der Waals surface area (Å²) in [7, 11) is 0. The predicted molar refractivity (Wildman–Crippen MR) is 80.4 cm³/mol. The monoisotopic (exact) mass is 287 g/mol. The summed E-state index contributed by atoms with van der Waals surface area (Å²) in [5.41, 5.74) is 2.35. The summed E-state index contributed by atoms with van der Waals surface area (Å²) in [5.74, 6) is 0.249. The molecule has 0 radical (unpaired) electrons. The van der Waals surface area contributed by atoms with Crippen LogP contribution in [0.3, 0.4) is 0 Å². The third kappa shape index (κ3) is 2.76. The first-order valence-electron chi connectivity index (χ1n) is 6.77. The molecule has 0 aliphatic carbocycles. The number of hydrogen-bond acceptors (Lipinski definition) is 3. The van der Waals surface area contributed by atoms with E-state index in [4.69, 9.17) is 5.11 Å². The molecule has 2 aromatic rings. The summed E-state index contributed by atoms with van der Waals surface area (Å²) >= 11 is 1.73. The Morgan fingerprint density at radius 2 is 2.05 bits per heavy atom. The highest BCUT2D eigenvalue weighted by Gasteiger charge is 2.28. The minimum absolute atomic E-state index is 0.0968. The zero-order chi connectivity index (χ0) is 13.9. The van der Waals surface area contributed by atoms with Crippen LogP contribution in [0.5, 0.6) is 0 Å². The van der Waals surface area contributed by atoms with E-state index in [1.165, 1.54) is 10.4 Å². The van der Waals surface area contributed by atoms with E-state index in [-0.39, 0.29) is 18.4 Å². The first kappa shape index (κ1) is 13.3. The van der Waals surface area contributed by atoms with E-state index in [1.807, 2.05) is 11.0 Å². The van der Waals surface area contributed by atoms with E-state index in [9.17, 15) is 4.79 Å². The number of nitrogens with zero attached hydrogens (tertiary/aromatic N) is 1. The van der Waals surface area contributed by atoms with Gasteiger partial charge in [-0.1, -0.05) is 30.3 Å². The zero-order valence-electron chi connectivity index (χ0n) is 11.2. The second-order valence-corrected chi connectivity index (χ2v) is 6.15. The third-order valence-corrected chi connectivity index (χ3v) is 4.60. The van der Waals surface area contributed by atoms with Crippen LogP contribution < -0.4 is 0 Å². The Labute approximate surface area is 122 Å². The zero-order valence-corrected chi connectivity index (χ0v) is 12.0. The molecule has 1 unspecified atom stereocenters. The van der Waals surface area contributed by atoms with Gasteiger partial charge in [-0.25, -0.2) is 0 Å². The Morgan fingerprint density at radius 3 is 2.65 bits per heavy atom. The van der Waals surface area contributed by atoms with Gasteiger partial charge in [0.25, 0.3) is 0 Å². The number of rotatable bonds is 4. The number of aliphatic hydroxyl groups is 1. The van der Waals surface area contributed by atoms with Crippen molar-refractivity contribution in [2.24, 2.45) is 5.92 Å². The van der Waals surface area contributed by atoms with Gasteiger partial charge in [-0.15, -0.1) is 11.3 Å². The van der Waals surface area contributed by atoms with E-state index < -0.39 is 0 Å². The van der Waals surface area contributed by atoms with Gasteiger partial charge in [0, 0.05) is 36.9 Å². The Kier molecular flexibility index (Phi) is 3.85. The highest BCUT2D eigenvalue weighted by molar-refractivity contribution is 7.13. The molecule has 1 aromatic heterocycles. The Bertz CT molecular complexity index is 577. The van der Waals surface area contributed by atoms with Crippen molar-refractivity contribution in [1.82, 2.24) is 4.90 Å². The number of likely N-dealkylation sites (tertiary alicyclic amines) is 1. The smallest absolute Gasteiger partial charge is 0.223 e. The number of carbonyl (C=O) groups excluding carboxylic acids is 1. The number of aliphatic hydroxyl groups excluding tert-OH is 1. The highest BCUT2D eigenvalue weighted by Crippen LogP contribution is 2.25. The van der Waals surface area contributed by atoms with Gasteiger partial charge in [-0.05, 0) is 22.6 Å². The summed E-state index contributed by atoms with van der Waals surface area (Å²) in [6, 6.07) is 12.5. The normalized spacial score (nSPS) is 18.8. The molecule has 3 nitrogen and oxygen atoms in total. The van der Waals surface area contributed by atoms with E-state index in [0.29, 0.717) is 19.5 Å². The molecule has 20 heavy (non-hydrogen) atoms. The third-order valence-electron chi connectivity index (χ3n) is 3.69. The summed E-state index contributed by atoms with van der Waals surface area (Å²) < 4.78 is 0. The lowest BCUT2D eigenvalue weighted by Gasteiger charge is -2.16. The Balaban J connectivity index is 1.68. The average molecular weight is 287 g/mol. The molecule has 2 heterocycles. The molecule has 104 valence electrons. The predicted octanol–water partition coefficient (Wildman–Crippen LogP) is 2.76. The van der Waals surface area contributed by atoms with E-state index in [0.717, 1.165) is 5.56 Å². The molecule has 4 heteroatoms. The SMILES string of the molecule is O=C1CC(CO)CN1Cc1ccc(-c2cccs2)cc1.